The molecule has 5 heteroatoms. The molecule has 2 aromatic heterocycles. The molecule has 18 heavy (non-hydrogen) atoms. The molecule has 0 unspecified atom stereocenters. The number of pyridine rings is 1. The second kappa shape index (κ2) is 5.44. The van der Waals surface area contributed by atoms with Crippen LogP contribution in [0.2, 0.25) is 0 Å². The number of anilines is 1. The topological polar surface area (TPSA) is 84.7 Å². The molecule has 94 valence electrons. The fraction of sp³-hybridized carbons (Fsp3) is 0.308. The number of aromatic amines is 1. The zero-order valence-corrected chi connectivity index (χ0v) is 10.3. The first-order chi connectivity index (χ1) is 8.70. The maximum absolute atomic E-state index is 11.8. The Kier molecular flexibility index (Phi) is 3.72. The van der Waals surface area contributed by atoms with Gasteiger partial charge in [-0.1, -0.05) is 19.4 Å². The van der Waals surface area contributed by atoms with Gasteiger partial charge in [0.15, 0.2) is 0 Å². The normalized spacial score (nSPS) is 10.5. The van der Waals surface area contributed by atoms with Crippen molar-refractivity contribution in [1.29, 1.82) is 0 Å². The van der Waals surface area contributed by atoms with Gasteiger partial charge < -0.3 is 10.7 Å². The summed E-state index contributed by atoms with van der Waals surface area (Å²) in [4.78, 5) is 22.9. The lowest BCUT2D eigenvalue weighted by atomic mass is 10.1. The van der Waals surface area contributed by atoms with Crippen LogP contribution >= 0.6 is 0 Å². The third-order valence-electron chi connectivity index (χ3n) is 2.69. The van der Waals surface area contributed by atoms with E-state index in [1.54, 1.807) is 12.4 Å². The van der Waals surface area contributed by atoms with Gasteiger partial charge in [0, 0.05) is 18.8 Å². The third-order valence-corrected chi connectivity index (χ3v) is 2.69. The Morgan fingerprint density at radius 1 is 1.44 bits per heavy atom. The average molecular weight is 244 g/mol. The summed E-state index contributed by atoms with van der Waals surface area (Å²) in [5, 5.41) is 0. The zero-order valence-electron chi connectivity index (χ0n) is 10.3. The number of nitrogen functional groups attached to an aromatic ring is 1. The molecule has 0 saturated carbocycles. The van der Waals surface area contributed by atoms with Crippen molar-refractivity contribution in [3.05, 3.63) is 51.8 Å². The predicted octanol–water partition coefficient (Wildman–Crippen LogP) is 1.29. The molecular weight excluding hydrogens is 228 g/mol. The van der Waals surface area contributed by atoms with Gasteiger partial charge >= 0.3 is 0 Å². The molecule has 0 saturated heterocycles. The Labute approximate surface area is 105 Å². The molecule has 0 spiro atoms. The van der Waals surface area contributed by atoms with E-state index < -0.39 is 0 Å². The van der Waals surface area contributed by atoms with Crippen LogP contribution in [-0.4, -0.2) is 15.0 Å². The summed E-state index contributed by atoms with van der Waals surface area (Å²) in [5.74, 6) is 0.907. The quantitative estimate of drug-likeness (QED) is 0.848. The van der Waals surface area contributed by atoms with Crippen molar-refractivity contribution in [1.82, 2.24) is 15.0 Å². The molecule has 0 aromatic carbocycles. The molecule has 2 heterocycles. The van der Waals surface area contributed by atoms with Crippen LogP contribution in [-0.2, 0) is 12.8 Å². The molecule has 0 aliphatic rings. The van der Waals surface area contributed by atoms with E-state index in [1.165, 1.54) is 0 Å². The van der Waals surface area contributed by atoms with Crippen molar-refractivity contribution in [3.63, 3.8) is 0 Å². The van der Waals surface area contributed by atoms with Crippen LogP contribution in [0.5, 0.6) is 0 Å². The fourth-order valence-corrected chi connectivity index (χ4v) is 1.84. The van der Waals surface area contributed by atoms with Crippen molar-refractivity contribution >= 4 is 5.82 Å². The van der Waals surface area contributed by atoms with E-state index in [4.69, 9.17) is 5.73 Å². The van der Waals surface area contributed by atoms with Crippen LogP contribution in [0.25, 0.3) is 0 Å². The molecule has 0 aliphatic heterocycles. The molecule has 5 nitrogen and oxygen atoms in total. The molecule has 2 rings (SSSR count). The van der Waals surface area contributed by atoms with Gasteiger partial charge in [-0.2, -0.15) is 0 Å². The predicted molar refractivity (Wildman–Crippen MR) is 70.3 cm³/mol. The lowest BCUT2D eigenvalue weighted by Crippen LogP contribution is -2.19. The van der Waals surface area contributed by atoms with Crippen molar-refractivity contribution < 1.29 is 0 Å². The van der Waals surface area contributed by atoms with Gasteiger partial charge in [-0.05, 0) is 18.1 Å². The second-order valence-corrected chi connectivity index (χ2v) is 4.16. The number of nitrogens with zero attached hydrogens (tertiary/aromatic N) is 2. The van der Waals surface area contributed by atoms with Gasteiger partial charge in [0.2, 0.25) is 0 Å². The second-order valence-electron chi connectivity index (χ2n) is 4.16. The molecule has 0 radical (unpaired) electrons. The molecular formula is C13H16N4O. The molecule has 3 N–H and O–H groups in total. The van der Waals surface area contributed by atoms with Crippen molar-refractivity contribution in [3.8, 4) is 0 Å². The van der Waals surface area contributed by atoms with Crippen molar-refractivity contribution in [2.45, 2.75) is 26.2 Å². The van der Waals surface area contributed by atoms with E-state index in [9.17, 15) is 4.79 Å². The minimum atomic E-state index is -0.136. The maximum Gasteiger partial charge on any atom is 0.256 e. The maximum atomic E-state index is 11.8. The summed E-state index contributed by atoms with van der Waals surface area (Å²) >= 11 is 0. The molecule has 2 aromatic rings. The highest BCUT2D eigenvalue weighted by molar-refractivity contribution is 5.38. The number of nitrogens with two attached hydrogens (primary N) is 1. The van der Waals surface area contributed by atoms with Gasteiger partial charge in [-0.15, -0.1) is 0 Å². The first-order valence-electron chi connectivity index (χ1n) is 5.97. The number of hydrogen-bond donors (Lipinski definition) is 2. The number of hydrogen-bond acceptors (Lipinski definition) is 4. The van der Waals surface area contributed by atoms with Crippen LogP contribution in [0, 0.1) is 0 Å². The molecule has 0 atom stereocenters. The lowest BCUT2D eigenvalue weighted by molar-refractivity contribution is 0.861. The standard InChI is InChI=1S/C13H16N4O/c1-2-4-10-12(14)16-11(17-13(10)18)7-9-5-3-6-15-8-9/h3,5-6,8H,2,4,7H2,1H3,(H3,14,16,17,18). The van der Waals surface area contributed by atoms with Gasteiger partial charge in [0.1, 0.15) is 11.6 Å². The van der Waals surface area contributed by atoms with Gasteiger partial charge in [0.05, 0.1) is 5.56 Å². The zero-order chi connectivity index (χ0) is 13.0. The van der Waals surface area contributed by atoms with Crippen LogP contribution < -0.4 is 11.3 Å². The van der Waals surface area contributed by atoms with E-state index >= 15 is 0 Å². The van der Waals surface area contributed by atoms with Crippen LogP contribution in [0.3, 0.4) is 0 Å². The fourth-order valence-electron chi connectivity index (χ4n) is 1.84. The Bertz CT molecular complexity index is 577. The summed E-state index contributed by atoms with van der Waals surface area (Å²) in [6.07, 6.45) is 5.51. The largest absolute Gasteiger partial charge is 0.383 e. The van der Waals surface area contributed by atoms with E-state index in [0.29, 0.717) is 30.0 Å². The summed E-state index contributed by atoms with van der Waals surface area (Å²) in [7, 11) is 0. The Morgan fingerprint density at radius 2 is 2.28 bits per heavy atom. The minimum absolute atomic E-state index is 0.136. The summed E-state index contributed by atoms with van der Waals surface area (Å²) in [6, 6.07) is 3.78. The number of H-pyrrole nitrogens is 1. The smallest absolute Gasteiger partial charge is 0.256 e. The van der Waals surface area contributed by atoms with Gasteiger partial charge in [0.25, 0.3) is 5.56 Å². The molecule has 0 amide bonds. The average Bonchev–Trinajstić information content (AvgIpc) is 2.35. The summed E-state index contributed by atoms with van der Waals surface area (Å²) in [5.41, 5.74) is 7.24. The number of rotatable bonds is 4. The Hall–Kier alpha value is -2.17. The third kappa shape index (κ3) is 2.74. The van der Waals surface area contributed by atoms with Gasteiger partial charge in [-0.3, -0.25) is 9.78 Å². The molecule has 0 bridgehead atoms. The minimum Gasteiger partial charge on any atom is -0.383 e. The van der Waals surface area contributed by atoms with Crippen LogP contribution in [0.15, 0.2) is 29.3 Å². The van der Waals surface area contributed by atoms with E-state index in [0.717, 1.165) is 12.0 Å². The number of aromatic nitrogens is 3. The van der Waals surface area contributed by atoms with E-state index in [-0.39, 0.29) is 5.56 Å². The van der Waals surface area contributed by atoms with Crippen molar-refractivity contribution in [2.75, 3.05) is 5.73 Å². The highest BCUT2D eigenvalue weighted by Gasteiger charge is 2.08. The Morgan fingerprint density at radius 3 is 2.89 bits per heavy atom. The van der Waals surface area contributed by atoms with Gasteiger partial charge in [-0.25, -0.2) is 4.98 Å². The summed E-state index contributed by atoms with van der Waals surface area (Å²) in [6.45, 7) is 2.00. The monoisotopic (exact) mass is 244 g/mol. The highest BCUT2D eigenvalue weighted by Crippen LogP contribution is 2.08. The van der Waals surface area contributed by atoms with E-state index in [1.807, 2.05) is 19.1 Å². The summed E-state index contributed by atoms with van der Waals surface area (Å²) < 4.78 is 0. The first kappa shape index (κ1) is 12.3. The number of nitrogens with one attached hydrogen (secondary N) is 1. The van der Waals surface area contributed by atoms with Crippen LogP contribution in [0.1, 0.15) is 30.3 Å². The van der Waals surface area contributed by atoms with E-state index in [2.05, 4.69) is 15.0 Å². The van der Waals surface area contributed by atoms with Crippen LogP contribution in [0.4, 0.5) is 5.82 Å². The Balaban J connectivity index is 2.28. The highest BCUT2D eigenvalue weighted by atomic mass is 16.1. The molecule has 0 aliphatic carbocycles. The first-order valence-corrected chi connectivity index (χ1v) is 5.97. The van der Waals surface area contributed by atoms with Crippen molar-refractivity contribution in [2.24, 2.45) is 0 Å². The SMILES string of the molecule is CCCc1c(N)nc(Cc2cccnc2)[nH]c1=O. The molecule has 0 fully saturated rings. The lowest BCUT2D eigenvalue weighted by Gasteiger charge is -2.06.